The SMILES string of the molecule is [CH2]/C=C/c1ccccc1.[CH3][SnH]. The molecule has 0 heterocycles. The van der Waals surface area contributed by atoms with Crippen LogP contribution in [0, 0.1) is 6.92 Å². The van der Waals surface area contributed by atoms with Crippen molar-refractivity contribution in [2.24, 2.45) is 0 Å². The quantitative estimate of drug-likeness (QED) is 0.673. The Morgan fingerprint density at radius 3 is 2.18 bits per heavy atom. The first-order chi connectivity index (χ1) is 5.43. The predicted octanol–water partition coefficient (Wildman–Crippen LogP) is 2.47. The second kappa shape index (κ2) is 7.86. The van der Waals surface area contributed by atoms with Crippen LogP contribution < -0.4 is 0 Å². The van der Waals surface area contributed by atoms with E-state index in [-0.39, 0.29) is 0 Å². The summed E-state index contributed by atoms with van der Waals surface area (Å²) >= 11 is 1.35. The van der Waals surface area contributed by atoms with E-state index in [1.165, 1.54) is 28.1 Å². The maximum atomic E-state index is 3.60. The monoisotopic (exact) mass is 253 g/mol. The molecular formula is C10H13Sn. The molecule has 3 radical (unpaired) electrons. The minimum atomic E-state index is 1.20. The first kappa shape index (κ1) is 10.8. The fourth-order valence-corrected chi connectivity index (χ4v) is 0.700. The van der Waals surface area contributed by atoms with Crippen LogP contribution in [0.2, 0.25) is 4.94 Å². The van der Waals surface area contributed by atoms with Crippen LogP contribution in [0.4, 0.5) is 0 Å². The van der Waals surface area contributed by atoms with Crippen LogP contribution in [0.15, 0.2) is 36.4 Å². The molecule has 1 aromatic carbocycles. The van der Waals surface area contributed by atoms with Gasteiger partial charge in [0, 0.05) is 0 Å². The van der Waals surface area contributed by atoms with Crippen molar-refractivity contribution in [1.29, 1.82) is 0 Å². The molecule has 0 saturated heterocycles. The molecular weight excluding hydrogens is 239 g/mol. The number of benzene rings is 1. The molecule has 57 valence electrons. The van der Waals surface area contributed by atoms with Crippen LogP contribution in [0.25, 0.3) is 6.08 Å². The predicted molar refractivity (Wildman–Crippen MR) is 53.8 cm³/mol. The maximum absolute atomic E-state index is 3.60. The first-order valence-corrected chi connectivity index (χ1v) is 6.81. The van der Waals surface area contributed by atoms with Crippen molar-refractivity contribution in [2.45, 2.75) is 4.94 Å². The molecule has 11 heavy (non-hydrogen) atoms. The third kappa shape index (κ3) is 5.08. The van der Waals surface area contributed by atoms with Crippen LogP contribution in [-0.4, -0.2) is 22.5 Å². The number of rotatable bonds is 1. The third-order valence-corrected chi connectivity index (χ3v) is 1.11. The average molecular weight is 252 g/mol. The minimum absolute atomic E-state index is 1.20. The molecule has 0 fully saturated rings. The Labute approximate surface area is 82.4 Å². The van der Waals surface area contributed by atoms with Crippen molar-refractivity contribution < 1.29 is 0 Å². The molecule has 0 bridgehead atoms. The zero-order chi connectivity index (χ0) is 8.53. The molecule has 1 aromatic rings. The normalized spacial score (nSPS) is 9.00. The summed E-state index contributed by atoms with van der Waals surface area (Å²) in [7, 11) is 0. The van der Waals surface area contributed by atoms with Gasteiger partial charge in [-0.25, -0.2) is 0 Å². The molecule has 0 N–H and O–H groups in total. The summed E-state index contributed by atoms with van der Waals surface area (Å²) in [5, 5.41) is 0. The van der Waals surface area contributed by atoms with Gasteiger partial charge in [0.05, 0.1) is 0 Å². The fraction of sp³-hybridized carbons (Fsp3) is 0.100. The summed E-state index contributed by atoms with van der Waals surface area (Å²) in [4.78, 5) is 2.13. The van der Waals surface area contributed by atoms with Crippen LogP contribution in [0.5, 0.6) is 0 Å². The van der Waals surface area contributed by atoms with E-state index in [0.29, 0.717) is 0 Å². The van der Waals surface area contributed by atoms with E-state index in [0.717, 1.165) is 0 Å². The summed E-state index contributed by atoms with van der Waals surface area (Å²) in [6, 6.07) is 10.1. The number of hydrogen-bond donors (Lipinski definition) is 0. The van der Waals surface area contributed by atoms with Gasteiger partial charge in [0.25, 0.3) is 0 Å². The molecule has 0 nitrogen and oxygen atoms in total. The molecule has 0 atom stereocenters. The summed E-state index contributed by atoms with van der Waals surface area (Å²) < 4.78 is 0. The van der Waals surface area contributed by atoms with E-state index in [9.17, 15) is 0 Å². The molecule has 0 aliphatic rings. The fourth-order valence-electron chi connectivity index (χ4n) is 0.700. The molecule has 0 spiro atoms. The van der Waals surface area contributed by atoms with Crippen molar-refractivity contribution in [3.05, 3.63) is 48.9 Å². The molecule has 0 unspecified atom stereocenters. The van der Waals surface area contributed by atoms with Gasteiger partial charge in [-0.1, -0.05) is 42.5 Å². The van der Waals surface area contributed by atoms with Crippen molar-refractivity contribution >= 4 is 28.6 Å². The summed E-state index contributed by atoms with van der Waals surface area (Å²) in [6.07, 6.45) is 3.76. The Morgan fingerprint density at radius 2 is 1.73 bits per heavy atom. The van der Waals surface area contributed by atoms with Gasteiger partial charge in [0.1, 0.15) is 0 Å². The second-order valence-electron chi connectivity index (χ2n) is 1.81. The van der Waals surface area contributed by atoms with Gasteiger partial charge < -0.3 is 0 Å². The Hall–Kier alpha value is -0.241. The van der Waals surface area contributed by atoms with Gasteiger partial charge in [0.2, 0.25) is 0 Å². The van der Waals surface area contributed by atoms with E-state index in [1.807, 2.05) is 36.4 Å². The molecule has 0 aliphatic carbocycles. The number of hydrogen-bond acceptors (Lipinski definition) is 0. The topological polar surface area (TPSA) is 0 Å². The van der Waals surface area contributed by atoms with Gasteiger partial charge in [0.15, 0.2) is 0 Å². The van der Waals surface area contributed by atoms with Crippen molar-refractivity contribution in [2.75, 3.05) is 0 Å². The van der Waals surface area contributed by atoms with Crippen LogP contribution in [0.1, 0.15) is 5.56 Å². The van der Waals surface area contributed by atoms with E-state index in [1.54, 1.807) is 6.08 Å². The van der Waals surface area contributed by atoms with Gasteiger partial charge in [-0.2, -0.15) is 0 Å². The zero-order valence-electron chi connectivity index (χ0n) is 6.83. The molecule has 0 amide bonds. The van der Waals surface area contributed by atoms with E-state index < -0.39 is 0 Å². The van der Waals surface area contributed by atoms with E-state index >= 15 is 0 Å². The summed E-state index contributed by atoms with van der Waals surface area (Å²) in [6.45, 7) is 3.60. The molecule has 0 saturated carbocycles. The summed E-state index contributed by atoms with van der Waals surface area (Å²) in [5.41, 5.74) is 1.20. The third-order valence-electron chi connectivity index (χ3n) is 1.11. The van der Waals surface area contributed by atoms with Crippen molar-refractivity contribution in [3.8, 4) is 0 Å². The van der Waals surface area contributed by atoms with Gasteiger partial charge in [-0.05, 0) is 12.5 Å². The van der Waals surface area contributed by atoms with Gasteiger partial charge in [-0.15, -0.1) is 0 Å². The van der Waals surface area contributed by atoms with Crippen LogP contribution in [-0.2, 0) is 0 Å². The molecule has 0 aliphatic heterocycles. The van der Waals surface area contributed by atoms with Gasteiger partial charge >= 0.3 is 27.5 Å². The Balaban J connectivity index is 0.000000461. The van der Waals surface area contributed by atoms with Crippen molar-refractivity contribution in [3.63, 3.8) is 0 Å². The second-order valence-corrected chi connectivity index (χ2v) is 1.81. The molecule has 1 heteroatoms. The molecule has 1 rings (SSSR count). The van der Waals surface area contributed by atoms with Gasteiger partial charge in [-0.3, -0.25) is 0 Å². The summed E-state index contributed by atoms with van der Waals surface area (Å²) in [5.74, 6) is 0. The van der Waals surface area contributed by atoms with Crippen LogP contribution in [0.3, 0.4) is 0 Å². The van der Waals surface area contributed by atoms with Crippen molar-refractivity contribution in [1.82, 2.24) is 0 Å². The Bertz CT molecular complexity index is 189. The Kier molecular flexibility index (Phi) is 7.69. The zero-order valence-corrected chi connectivity index (χ0v) is 10.1. The van der Waals surface area contributed by atoms with E-state index in [2.05, 4.69) is 11.9 Å². The Morgan fingerprint density at radius 1 is 1.18 bits per heavy atom. The van der Waals surface area contributed by atoms with E-state index in [4.69, 9.17) is 0 Å². The average Bonchev–Trinajstić information content (AvgIpc) is 2.11. The molecule has 0 aromatic heterocycles. The van der Waals surface area contributed by atoms with Crippen LogP contribution >= 0.6 is 0 Å². The number of allylic oxidation sites excluding steroid dienone is 1. The first-order valence-electron chi connectivity index (χ1n) is 3.52. The standard InChI is InChI=1S/C9H9.CH3.Sn.H/c1-2-6-9-7-4-3-5-8-9;;;/h2-8H,1H2;1H3;;/b6-2+;;;.